The Labute approximate surface area is 133 Å². The number of benzene rings is 1. The van der Waals surface area contributed by atoms with Gasteiger partial charge in [-0.05, 0) is 38.8 Å². The Morgan fingerprint density at radius 3 is 2.62 bits per heavy atom. The van der Waals surface area contributed by atoms with E-state index in [-0.39, 0.29) is 5.38 Å². The van der Waals surface area contributed by atoms with E-state index in [9.17, 15) is 0 Å². The number of hydrogen-bond acceptors (Lipinski definition) is 1. The van der Waals surface area contributed by atoms with Crippen molar-refractivity contribution in [3.05, 3.63) is 29.6 Å². The SMILES string of the molecule is CCCCCCC(C)n1c(C(C)Cl)nc2cccc(C)c21. The molecule has 0 fully saturated rings. The van der Waals surface area contributed by atoms with E-state index in [4.69, 9.17) is 16.6 Å². The summed E-state index contributed by atoms with van der Waals surface area (Å²) >= 11 is 6.38. The molecule has 0 spiro atoms. The van der Waals surface area contributed by atoms with Crippen LogP contribution < -0.4 is 0 Å². The van der Waals surface area contributed by atoms with E-state index in [1.807, 2.05) is 6.92 Å². The first kappa shape index (κ1) is 16.4. The summed E-state index contributed by atoms with van der Waals surface area (Å²) < 4.78 is 2.37. The van der Waals surface area contributed by atoms with Crippen LogP contribution in [0.5, 0.6) is 0 Å². The third-order valence-electron chi connectivity index (χ3n) is 4.21. The fourth-order valence-electron chi connectivity index (χ4n) is 3.06. The summed E-state index contributed by atoms with van der Waals surface area (Å²) in [5.74, 6) is 1.00. The van der Waals surface area contributed by atoms with Crippen LogP contribution in [0.1, 0.15) is 75.7 Å². The third-order valence-corrected chi connectivity index (χ3v) is 4.41. The Balaban J connectivity index is 2.33. The molecular weight excluding hydrogens is 280 g/mol. The van der Waals surface area contributed by atoms with Gasteiger partial charge >= 0.3 is 0 Å². The zero-order valence-electron chi connectivity index (χ0n) is 13.7. The van der Waals surface area contributed by atoms with Crippen LogP contribution in [0, 0.1) is 6.92 Å². The molecule has 3 heteroatoms. The number of aromatic nitrogens is 2. The Hall–Kier alpha value is -1.02. The van der Waals surface area contributed by atoms with E-state index in [1.165, 1.54) is 43.2 Å². The number of fused-ring (bicyclic) bond motifs is 1. The monoisotopic (exact) mass is 306 g/mol. The Bertz CT molecular complexity index is 586. The fourth-order valence-corrected chi connectivity index (χ4v) is 3.22. The first-order chi connectivity index (χ1) is 10.1. The highest BCUT2D eigenvalue weighted by Gasteiger charge is 2.19. The second-order valence-corrected chi connectivity index (χ2v) is 6.75. The lowest BCUT2D eigenvalue weighted by Gasteiger charge is -2.19. The summed E-state index contributed by atoms with van der Waals surface area (Å²) in [5, 5.41) is -0.0603. The maximum absolute atomic E-state index is 6.38. The van der Waals surface area contributed by atoms with Gasteiger partial charge in [0.2, 0.25) is 0 Å². The smallest absolute Gasteiger partial charge is 0.127 e. The van der Waals surface area contributed by atoms with Gasteiger partial charge in [0, 0.05) is 6.04 Å². The van der Waals surface area contributed by atoms with Gasteiger partial charge in [0.1, 0.15) is 5.82 Å². The van der Waals surface area contributed by atoms with Crippen molar-refractivity contribution in [2.45, 2.75) is 71.2 Å². The van der Waals surface area contributed by atoms with Gasteiger partial charge in [0.15, 0.2) is 0 Å². The first-order valence-electron chi connectivity index (χ1n) is 8.17. The largest absolute Gasteiger partial charge is 0.324 e. The van der Waals surface area contributed by atoms with Crippen molar-refractivity contribution < 1.29 is 0 Å². The van der Waals surface area contributed by atoms with E-state index < -0.39 is 0 Å². The molecule has 2 nitrogen and oxygen atoms in total. The van der Waals surface area contributed by atoms with Gasteiger partial charge in [-0.25, -0.2) is 4.98 Å². The third kappa shape index (κ3) is 3.60. The fraction of sp³-hybridized carbons (Fsp3) is 0.611. The molecule has 21 heavy (non-hydrogen) atoms. The molecule has 0 aliphatic carbocycles. The standard InChI is InChI=1S/C18H27ClN2/c1-5-6-7-8-11-14(3)21-17-13(2)10-9-12-16(17)20-18(21)15(4)19/h9-10,12,14-15H,5-8,11H2,1-4H3. The molecule has 2 rings (SSSR count). The van der Waals surface area contributed by atoms with Crippen LogP contribution in [-0.4, -0.2) is 9.55 Å². The Morgan fingerprint density at radius 1 is 1.19 bits per heavy atom. The second kappa shape index (κ2) is 7.31. The van der Waals surface area contributed by atoms with Gasteiger partial charge in [0.25, 0.3) is 0 Å². The lowest BCUT2D eigenvalue weighted by molar-refractivity contribution is 0.468. The van der Waals surface area contributed by atoms with Crippen molar-refractivity contribution in [2.24, 2.45) is 0 Å². The van der Waals surface area contributed by atoms with Crippen molar-refractivity contribution in [1.82, 2.24) is 9.55 Å². The molecule has 1 heterocycles. The summed E-state index contributed by atoms with van der Waals surface area (Å²) in [4.78, 5) is 4.77. The molecule has 0 saturated heterocycles. The number of aryl methyl sites for hydroxylation is 1. The van der Waals surface area contributed by atoms with Gasteiger partial charge in [-0.15, -0.1) is 11.6 Å². The molecule has 2 unspecified atom stereocenters. The Morgan fingerprint density at radius 2 is 1.95 bits per heavy atom. The second-order valence-electron chi connectivity index (χ2n) is 6.10. The highest BCUT2D eigenvalue weighted by molar-refractivity contribution is 6.20. The van der Waals surface area contributed by atoms with Crippen molar-refractivity contribution in [2.75, 3.05) is 0 Å². The number of imidazole rings is 1. The van der Waals surface area contributed by atoms with Crippen LogP contribution in [0.15, 0.2) is 18.2 Å². The molecule has 0 aliphatic heterocycles. The zero-order valence-corrected chi connectivity index (χ0v) is 14.5. The molecule has 2 aromatic rings. The molecule has 0 amide bonds. The minimum atomic E-state index is -0.0603. The van der Waals surface area contributed by atoms with Crippen LogP contribution in [0.3, 0.4) is 0 Å². The molecule has 0 aliphatic rings. The van der Waals surface area contributed by atoms with Crippen LogP contribution in [0.2, 0.25) is 0 Å². The average molecular weight is 307 g/mol. The van der Waals surface area contributed by atoms with Crippen molar-refractivity contribution in [3.8, 4) is 0 Å². The van der Waals surface area contributed by atoms with Gasteiger partial charge in [0.05, 0.1) is 16.4 Å². The maximum atomic E-state index is 6.38. The maximum Gasteiger partial charge on any atom is 0.127 e. The molecule has 0 saturated carbocycles. The molecule has 1 aromatic carbocycles. The zero-order chi connectivity index (χ0) is 15.4. The molecule has 0 bridgehead atoms. The minimum Gasteiger partial charge on any atom is -0.324 e. The number of nitrogens with zero attached hydrogens (tertiary/aromatic N) is 2. The summed E-state index contributed by atoms with van der Waals surface area (Å²) in [5.41, 5.74) is 3.60. The quantitative estimate of drug-likeness (QED) is 0.441. The molecular formula is C18H27ClN2. The summed E-state index contributed by atoms with van der Waals surface area (Å²) in [6.45, 7) is 8.72. The molecule has 116 valence electrons. The highest BCUT2D eigenvalue weighted by atomic mass is 35.5. The topological polar surface area (TPSA) is 17.8 Å². The molecule has 0 N–H and O–H groups in total. The van der Waals surface area contributed by atoms with Crippen molar-refractivity contribution in [3.63, 3.8) is 0 Å². The van der Waals surface area contributed by atoms with E-state index in [2.05, 4.69) is 43.5 Å². The van der Waals surface area contributed by atoms with Gasteiger partial charge in [-0.3, -0.25) is 0 Å². The Kier molecular flexibility index (Phi) is 5.69. The molecule has 0 radical (unpaired) electrons. The van der Waals surface area contributed by atoms with E-state index >= 15 is 0 Å². The number of unbranched alkanes of at least 4 members (excludes halogenated alkanes) is 3. The molecule has 1 aromatic heterocycles. The first-order valence-corrected chi connectivity index (χ1v) is 8.61. The summed E-state index contributed by atoms with van der Waals surface area (Å²) in [7, 11) is 0. The van der Waals surface area contributed by atoms with E-state index in [1.54, 1.807) is 0 Å². The predicted molar refractivity (Wildman–Crippen MR) is 92.2 cm³/mol. The summed E-state index contributed by atoms with van der Waals surface area (Å²) in [6.07, 6.45) is 6.39. The normalized spacial score (nSPS) is 14.5. The van der Waals surface area contributed by atoms with Gasteiger partial charge in [-0.1, -0.05) is 44.7 Å². The van der Waals surface area contributed by atoms with Crippen molar-refractivity contribution >= 4 is 22.6 Å². The minimum absolute atomic E-state index is 0.0603. The number of alkyl halides is 1. The van der Waals surface area contributed by atoms with Crippen LogP contribution in [0.25, 0.3) is 11.0 Å². The lowest BCUT2D eigenvalue weighted by Crippen LogP contribution is -2.10. The van der Waals surface area contributed by atoms with Gasteiger partial charge in [-0.2, -0.15) is 0 Å². The highest BCUT2D eigenvalue weighted by Crippen LogP contribution is 2.31. The van der Waals surface area contributed by atoms with E-state index in [0.29, 0.717) is 6.04 Å². The summed E-state index contributed by atoms with van der Waals surface area (Å²) in [6, 6.07) is 6.77. The molecule has 2 atom stereocenters. The van der Waals surface area contributed by atoms with Gasteiger partial charge < -0.3 is 4.57 Å². The van der Waals surface area contributed by atoms with Crippen LogP contribution >= 0.6 is 11.6 Å². The number of halogens is 1. The number of rotatable bonds is 7. The number of hydrogen-bond donors (Lipinski definition) is 0. The predicted octanol–water partition coefficient (Wildman–Crippen LogP) is 6.18. The number of para-hydroxylation sites is 1. The van der Waals surface area contributed by atoms with Crippen LogP contribution in [0.4, 0.5) is 0 Å². The van der Waals surface area contributed by atoms with E-state index in [0.717, 1.165) is 11.3 Å². The van der Waals surface area contributed by atoms with Crippen LogP contribution in [-0.2, 0) is 0 Å². The average Bonchev–Trinajstić information content (AvgIpc) is 2.84. The lowest BCUT2D eigenvalue weighted by atomic mass is 10.1. The van der Waals surface area contributed by atoms with Crippen molar-refractivity contribution in [1.29, 1.82) is 0 Å².